The van der Waals surface area contributed by atoms with E-state index in [0.29, 0.717) is 6.42 Å². The Morgan fingerprint density at radius 1 is 0.933 bits per heavy atom. The fraction of sp³-hybridized carbons (Fsp3) is 0.370. The minimum Gasteiger partial charge on any atom is -0.407 e. The van der Waals surface area contributed by atoms with Crippen LogP contribution in [-0.4, -0.2) is 21.2 Å². The molecule has 0 aliphatic carbocycles. The number of benzene rings is 2. The molecule has 160 valence electrons. The van der Waals surface area contributed by atoms with Crippen LogP contribution in [0.1, 0.15) is 53.4 Å². The predicted octanol–water partition coefficient (Wildman–Crippen LogP) is 5.82. The summed E-state index contributed by atoms with van der Waals surface area (Å²) in [5, 5.41) is 2.67. The number of carbonyl (C=O) groups excluding carboxylic acids is 1. The van der Waals surface area contributed by atoms with Crippen molar-refractivity contribution in [1.82, 2.24) is 0 Å². The van der Waals surface area contributed by atoms with Crippen molar-refractivity contribution >= 4 is 25.0 Å². The standard InChI is InChI=1S/C27H36O2Si/c1-24(17-15-22-28)16-9-5-6-14-23-29-30(27(2,3)4,25-18-10-7-11-19-25)26-20-12-8-13-21-26/h5,7-13,16,18-22H,6,14-15,17,23H2,1-4H3/b9-5+,24-16+. The Kier molecular flexibility index (Phi) is 9.48. The molecule has 30 heavy (non-hydrogen) atoms. The highest BCUT2D eigenvalue weighted by Crippen LogP contribution is 2.36. The highest BCUT2D eigenvalue weighted by Gasteiger charge is 2.49. The van der Waals surface area contributed by atoms with E-state index < -0.39 is 8.32 Å². The molecule has 2 aromatic carbocycles. The highest BCUT2D eigenvalue weighted by molar-refractivity contribution is 6.99. The van der Waals surface area contributed by atoms with Gasteiger partial charge in [0.1, 0.15) is 6.29 Å². The highest BCUT2D eigenvalue weighted by atomic mass is 28.4. The van der Waals surface area contributed by atoms with Gasteiger partial charge in [0.25, 0.3) is 8.32 Å². The quantitative estimate of drug-likeness (QED) is 0.198. The Balaban J connectivity index is 2.13. The van der Waals surface area contributed by atoms with E-state index in [-0.39, 0.29) is 5.04 Å². The zero-order valence-corrected chi connectivity index (χ0v) is 19.9. The van der Waals surface area contributed by atoms with E-state index in [1.165, 1.54) is 15.9 Å². The van der Waals surface area contributed by atoms with E-state index in [4.69, 9.17) is 4.43 Å². The average Bonchev–Trinajstić information content (AvgIpc) is 2.74. The molecule has 0 radical (unpaired) electrons. The molecule has 0 bridgehead atoms. The van der Waals surface area contributed by atoms with Gasteiger partial charge in [-0.2, -0.15) is 0 Å². The van der Waals surface area contributed by atoms with Crippen LogP contribution in [0.4, 0.5) is 0 Å². The van der Waals surface area contributed by atoms with Gasteiger partial charge in [0, 0.05) is 13.0 Å². The van der Waals surface area contributed by atoms with Crippen LogP contribution in [0.15, 0.2) is 84.5 Å². The van der Waals surface area contributed by atoms with Gasteiger partial charge in [-0.1, -0.05) is 105 Å². The van der Waals surface area contributed by atoms with Gasteiger partial charge < -0.3 is 9.22 Å². The summed E-state index contributed by atoms with van der Waals surface area (Å²) in [5.74, 6) is 0. The minimum atomic E-state index is -2.42. The first-order valence-electron chi connectivity index (χ1n) is 10.9. The van der Waals surface area contributed by atoms with E-state index in [9.17, 15) is 4.79 Å². The first kappa shape index (κ1) is 24.0. The van der Waals surface area contributed by atoms with Crippen molar-refractivity contribution in [1.29, 1.82) is 0 Å². The minimum absolute atomic E-state index is 0.0178. The van der Waals surface area contributed by atoms with E-state index in [2.05, 4.69) is 107 Å². The summed E-state index contributed by atoms with van der Waals surface area (Å²) < 4.78 is 6.90. The van der Waals surface area contributed by atoms with Crippen LogP contribution in [0.25, 0.3) is 0 Å². The van der Waals surface area contributed by atoms with Gasteiger partial charge in [-0.05, 0) is 41.6 Å². The summed E-state index contributed by atoms with van der Waals surface area (Å²) in [5.41, 5.74) is 1.24. The third kappa shape index (κ3) is 6.38. The zero-order chi connectivity index (χ0) is 21.9. The van der Waals surface area contributed by atoms with E-state index in [1.54, 1.807) is 0 Å². The van der Waals surface area contributed by atoms with E-state index >= 15 is 0 Å². The smallest absolute Gasteiger partial charge is 0.261 e. The number of allylic oxidation sites excluding steroid dienone is 4. The molecule has 2 rings (SSSR count). The molecule has 0 atom stereocenters. The summed E-state index contributed by atoms with van der Waals surface area (Å²) in [4.78, 5) is 10.5. The molecule has 0 aliphatic rings. The molecule has 0 saturated heterocycles. The monoisotopic (exact) mass is 420 g/mol. The van der Waals surface area contributed by atoms with Crippen LogP contribution < -0.4 is 10.4 Å². The van der Waals surface area contributed by atoms with Crippen molar-refractivity contribution < 1.29 is 9.22 Å². The van der Waals surface area contributed by atoms with Gasteiger partial charge in [0.05, 0.1) is 0 Å². The number of carbonyl (C=O) groups is 1. The first-order valence-corrected chi connectivity index (χ1v) is 12.8. The molecule has 0 fully saturated rings. The summed E-state index contributed by atoms with van der Waals surface area (Å²) in [6.45, 7) is 9.75. The third-order valence-electron chi connectivity index (χ3n) is 5.42. The maximum atomic E-state index is 10.5. The van der Waals surface area contributed by atoms with Crippen molar-refractivity contribution in [3.05, 3.63) is 84.5 Å². The average molecular weight is 421 g/mol. The molecule has 0 aliphatic heterocycles. The van der Waals surface area contributed by atoms with Gasteiger partial charge in [0.2, 0.25) is 0 Å². The van der Waals surface area contributed by atoms with Crippen molar-refractivity contribution in [2.24, 2.45) is 0 Å². The topological polar surface area (TPSA) is 26.3 Å². The number of hydrogen-bond acceptors (Lipinski definition) is 2. The summed E-state index contributed by atoms with van der Waals surface area (Å²) in [6.07, 6.45) is 10.8. The lowest BCUT2D eigenvalue weighted by molar-refractivity contribution is -0.107. The fourth-order valence-corrected chi connectivity index (χ4v) is 8.49. The molecular formula is C27H36O2Si. The molecule has 0 aromatic heterocycles. The van der Waals surface area contributed by atoms with Crippen molar-refractivity contribution in [2.45, 2.75) is 58.4 Å². The van der Waals surface area contributed by atoms with Gasteiger partial charge in [-0.15, -0.1) is 0 Å². The molecule has 2 nitrogen and oxygen atoms in total. The summed E-state index contributed by atoms with van der Waals surface area (Å²) in [6, 6.07) is 21.6. The lowest BCUT2D eigenvalue weighted by Crippen LogP contribution is -2.66. The van der Waals surface area contributed by atoms with Gasteiger partial charge in [-0.3, -0.25) is 0 Å². The molecule has 0 heterocycles. The number of unbranched alkanes of at least 4 members (excludes halogenated alkanes) is 1. The van der Waals surface area contributed by atoms with Crippen molar-refractivity contribution in [3.8, 4) is 0 Å². The molecule has 3 heteroatoms. The zero-order valence-electron chi connectivity index (χ0n) is 18.9. The normalized spacial score (nSPS) is 13.0. The second-order valence-corrected chi connectivity index (χ2v) is 13.1. The Bertz CT molecular complexity index is 777. The molecule has 0 unspecified atom stereocenters. The Morgan fingerprint density at radius 2 is 1.50 bits per heavy atom. The second-order valence-electron chi connectivity index (χ2n) is 8.80. The van der Waals surface area contributed by atoms with Crippen molar-refractivity contribution in [2.75, 3.05) is 6.61 Å². The Labute approximate surface area is 183 Å². The van der Waals surface area contributed by atoms with Crippen LogP contribution in [-0.2, 0) is 9.22 Å². The van der Waals surface area contributed by atoms with Crippen LogP contribution in [0.2, 0.25) is 5.04 Å². The van der Waals surface area contributed by atoms with Crippen molar-refractivity contribution in [3.63, 3.8) is 0 Å². The third-order valence-corrected chi connectivity index (χ3v) is 10.5. The molecular weight excluding hydrogens is 384 g/mol. The SMILES string of the molecule is C/C(=C\C=C\CCCO[Si](c1ccccc1)(c1ccccc1)C(C)(C)C)CCC=O. The lowest BCUT2D eigenvalue weighted by atomic mass is 10.1. The Morgan fingerprint density at radius 3 is 2.00 bits per heavy atom. The number of rotatable bonds is 11. The second kappa shape index (κ2) is 11.8. The van der Waals surface area contributed by atoms with Crippen LogP contribution >= 0.6 is 0 Å². The maximum absolute atomic E-state index is 10.5. The lowest BCUT2D eigenvalue weighted by Gasteiger charge is -2.43. The van der Waals surface area contributed by atoms with Gasteiger partial charge in [-0.25, -0.2) is 0 Å². The first-order chi connectivity index (χ1) is 14.4. The summed E-state index contributed by atoms with van der Waals surface area (Å²) in [7, 11) is -2.42. The molecule has 0 spiro atoms. The van der Waals surface area contributed by atoms with E-state index in [1.807, 2.05) is 0 Å². The number of aldehydes is 1. The van der Waals surface area contributed by atoms with Crippen LogP contribution in [0, 0.1) is 0 Å². The van der Waals surface area contributed by atoms with Crippen LogP contribution in [0.5, 0.6) is 0 Å². The molecule has 0 amide bonds. The predicted molar refractivity (Wildman–Crippen MR) is 131 cm³/mol. The van der Waals surface area contributed by atoms with Gasteiger partial charge in [0.15, 0.2) is 0 Å². The molecule has 2 aromatic rings. The summed E-state index contributed by atoms with van der Waals surface area (Å²) >= 11 is 0. The maximum Gasteiger partial charge on any atom is 0.261 e. The fourth-order valence-electron chi connectivity index (χ4n) is 3.89. The largest absolute Gasteiger partial charge is 0.407 e. The van der Waals surface area contributed by atoms with E-state index in [0.717, 1.165) is 32.2 Å². The van der Waals surface area contributed by atoms with Gasteiger partial charge >= 0.3 is 0 Å². The molecule has 0 N–H and O–H groups in total. The Hall–Kier alpha value is -2.23. The molecule has 0 saturated carbocycles. The van der Waals surface area contributed by atoms with Crippen LogP contribution in [0.3, 0.4) is 0 Å². The number of hydrogen-bond donors (Lipinski definition) is 0.